The summed E-state index contributed by atoms with van der Waals surface area (Å²) in [6.45, 7) is 3.93. The van der Waals surface area contributed by atoms with Gasteiger partial charge in [-0.05, 0) is 49.9 Å². The van der Waals surface area contributed by atoms with Gasteiger partial charge in [-0.25, -0.2) is 13.1 Å². The third-order valence-electron chi connectivity index (χ3n) is 3.47. The first-order chi connectivity index (χ1) is 9.77. The number of hydrogen-bond donors (Lipinski definition) is 0. The number of rotatable bonds is 3. The summed E-state index contributed by atoms with van der Waals surface area (Å²) in [6, 6.07) is 5.85. The van der Waals surface area contributed by atoms with E-state index in [2.05, 4.69) is 5.10 Å². The van der Waals surface area contributed by atoms with E-state index in [1.807, 2.05) is 32.0 Å². The highest BCUT2D eigenvalue weighted by atomic mass is 35.7. The average molecular weight is 345 g/mol. The van der Waals surface area contributed by atoms with Crippen LogP contribution < -0.4 is 0 Å². The minimum Gasteiger partial charge on any atom is -0.220 e. The summed E-state index contributed by atoms with van der Waals surface area (Å²) in [5.74, 6) is 0.137. The number of halogens is 2. The number of aryl methyl sites for hydroxylation is 2. The van der Waals surface area contributed by atoms with Crippen LogP contribution in [-0.2, 0) is 9.05 Å². The quantitative estimate of drug-likeness (QED) is 0.792. The van der Waals surface area contributed by atoms with E-state index < -0.39 is 9.05 Å². The summed E-state index contributed by atoms with van der Waals surface area (Å²) in [6.07, 6.45) is 1.83. The molecule has 0 bridgehead atoms. The molecule has 0 saturated heterocycles. The van der Waals surface area contributed by atoms with Gasteiger partial charge in [0.15, 0.2) is 5.15 Å². The van der Waals surface area contributed by atoms with Crippen molar-refractivity contribution in [1.82, 2.24) is 9.78 Å². The molecule has 0 aliphatic heterocycles. The summed E-state index contributed by atoms with van der Waals surface area (Å²) < 4.78 is 25.1. The van der Waals surface area contributed by atoms with Gasteiger partial charge in [0.2, 0.25) is 0 Å². The second kappa shape index (κ2) is 5.00. The van der Waals surface area contributed by atoms with Crippen molar-refractivity contribution in [3.05, 3.63) is 40.2 Å². The Balaban J connectivity index is 2.24. The summed E-state index contributed by atoms with van der Waals surface area (Å²) in [5.41, 5.74) is 3.33. The van der Waals surface area contributed by atoms with E-state index in [-0.39, 0.29) is 16.0 Å². The first-order valence-corrected chi connectivity index (χ1v) is 9.28. The van der Waals surface area contributed by atoms with Gasteiger partial charge in [0, 0.05) is 16.6 Å². The number of benzene rings is 1. The van der Waals surface area contributed by atoms with E-state index in [9.17, 15) is 8.42 Å². The Morgan fingerprint density at radius 1 is 1.19 bits per heavy atom. The molecule has 1 saturated carbocycles. The topological polar surface area (TPSA) is 52.0 Å². The molecule has 0 spiro atoms. The Morgan fingerprint density at radius 2 is 1.76 bits per heavy atom. The Bertz CT molecular complexity index is 803. The zero-order valence-electron chi connectivity index (χ0n) is 11.6. The molecule has 1 heterocycles. The Kier molecular flexibility index (Phi) is 3.55. The minimum atomic E-state index is -3.92. The molecular formula is C14H14Cl2N2O2S. The van der Waals surface area contributed by atoms with Crippen molar-refractivity contribution in [2.45, 2.75) is 37.5 Å². The third kappa shape index (κ3) is 2.82. The molecule has 0 atom stereocenters. The molecule has 112 valence electrons. The second-order valence-electron chi connectivity index (χ2n) is 5.48. The Morgan fingerprint density at radius 3 is 2.24 bits per heavy atom. The van der Waals surface area contributed by atoms with Gasteiger partial charge < -0.3 is 0 Å². The molecule has 3 rings (SSSR count). The second-order valence-corrected chi connectivity index (χ2v) is 8.34. The van der Waals surface area contributed by atoms with Crippen molar-refractivity contribution in [3.63, 3.8) is 0 Å². The number of aromatic nitrogens is 2. The van der Waals surface area contributed by atoms with Crippen LogP contribution in [0.1, 0.15) is 35.6 Å². The highest BCUT2D eigenvalue weighted by Crippen LogP contribution is 2.45. The molecule has 0 radical (unpaired) electrons. The summed E-state index contributed by atoms with van der Waals surface area (Å²) in [4.78, 5) is -0.0486. The van der Waals surface area contributed by atoms with Crippen molar-refractivity contribution >= 4 is 31.3 Å². The van der Waals surface area contributed by atoms with Gasteiger partial charge in [-0.1, -0.05) is 17.7 Å². The number of hydrogen-bond acceptors (Lipinski definition) is 3. The van der Waals surface area contributed by atoms with Crippen molar-refractivity contribution in [3.8, 4) is 5.69 Å². The normalized spacial score (nSPS) is 15.4. The maximum atomic E-state index is 11.8. The fourth-order valence-corrected chi connectivity index (χ4v) is 4.35. The van der Waals surface area contributed by atoms with Crippen LogP contribution in [0.5, 0.6) is 0 Å². The van der Waals surface area contributed by atoms with Crippen LogP contribution >= 0.6 is 22.3 Å². The van der Waals surface area contributed by atoms with Crippen LogP contribution in [0.2, 0.25) is 5.15 Å². The summed E-state index contributed by atoms with van der Waals surface area (Å²) in [7, 11) is 1.62. The predicted molar refractivity (Wildman–Crippen MR) is 83.1 cm³/mol. The lowest BCUT2D eigenvalue weighted by Gasteiger charge is -2.06. The maximum Gasteiger partial charge on any atom is 0.266 e. The van der Waals surface area contributed by atoms with Gasteiger partial charge >= 0.3 is 0 Å². The fourth-order valence-electron chi connectivity index (χ4n) is 2.49. The van der Waals surface area contributed by atoms with Gasteiger partial charge in [-0.3, -0.25) is 0 Å². The molecule has 1 fully saturated rings. The van der Waals surface area contributed by atoms with Crippen LogP contribution in [-0.4, -0.2) is 18.2 Å². The van der Waals surface area contributed by atoms with Crippen molar-refractivity contribution in [1.29, 1.82) is 0 Å². The van der Waals surface area contributed by atoms with Crippen molar-refractivity contribution in [2.75, 3.05) is 0 Å². The molecular weight excluding hydrogens is 331 g/mol. The van der Waals surface area contributed by atoms with E-state index >= 15 is 0 Å². The lowest BCUT2D eigenvalue weighted by molar-refractivity contribution is 0.608. The lowest BCUT2D eigenvalue weighted by Crippen LogP contribution is -1.98. The van der Waals surface area contributed by atoms with Crippen LogP contribution in [0.4, 0.5) is 0 Å². The maximum absolute atomic E-state index is 11.8. The van der Waals surface area contributed by atoms with Gasteiger partial charge in [-0.15, -0.1) is 0 Å². The highest BCUT2D eigenvalue weighted by molar-refractivity contribution is 8.13. The zero-order chi connectivity index (χ0) is 15.4. The zero-order valence-corrected chi connectivity index (χ0v) is 13.9. The molecule has 1 aliphatic rings. The third-order valence-corrected chi connectivity index (χ3v) is 5.29. The van der Waals surface area contributed by atoms with Gasteiger partial charge in [0.25, 0.3) is 9.05 Å². The molecule has 0 amide bonds. The SMILES string of the molecule is Cc1cc(C)cc(-n2nc(C3CC3)c(S(=O)(=O)Cl)c2Cl)c1. The molecule has 0 N–H and O–H groups in total. The first kappa shape index (κ1) is 14.9. The molecule has 4 nitrogen and oxygen atoms in total. The molecule has 1 aromatic heterocycles. The van der Waals surface area contributed by atoms with E-state index in [4.69, 9.17) is 22.3 Å². The molecule has 1 aliphatic carbocycles. The van der Waals surface area contributed by atoms with Crippen LogP contribution in [0.15, 0.2) is 23.1 Å². The molecule has 0 unspecified atom stereocenters. The lowest BCUT2D eigenvalue weighted by atomic mass is 10.1. The van der Waals surface area contributed by atoms with Crippen LogP contribution in [0.25, 0.3) is 5.69 Å². The largest absolute Gasteiger partial charge is 0.266 e. The fraction of sp³-hybridized carbons (Fsp3) is 0.357. The first-order valence-electron chi connectivity index (χ1n) is 6.59. The van der Waals surface area contributed by atoms with Crippen LogP contribution in [0, 0.1) is 13.8 Å². The van der Waals surface area contributed by atoms with Gasteiger partial charge in [0.1, 0.15) is 4.90 Å². The summed E-state index contributed by atoms with van der Waals surface area (Å²) in [5, 5.41) is 4.46. The average Bonchev–Trinajstić information content (AvgIpc) is 3.10. The molecule has 2 aromatic rings. The van der Waals surface area contributed by atoms with E-state index in [0.717, 1.165) is 29.7 Å². The highest BCUT2D eigenvalue weighted by Gasteiger charge is 2.36. The summed E-state index contributed by atoms with van der Waals surface area (Å²) >= 11 is 6.26. The standard InChI is InChI=1S/C14H14Cl2N2O2S/c1-8-5-9(2)7-11(6-8)18-14(15)13(21(16,19)20)12(17-18)10-3-4-10/h5-7,10H,3-4H2,1-2H3. The smallest absolute Gasteiger partial charge is 0.220 e. The predicted octanol–water partition coefficient (Wildman–Crippen LogP) is 3.95. The van der Waals surface area contributed by atoms with E-state index in [1.54, 1.807) is 0 Å². The Labute approximate surface area is 133 Å². The molecule has 7 heteroatoms. The molecule has 1 aromatic carbocycles. The van der Waals surface area contributed by atoms with Crippen molar-refractivity contribution in [2.24, 2.45) is 0 Å². The van der Waals surface area contributed by atoms with Gasteiger partial charge in [0.05, 0.1) is 11.4 Å². The van der Waals surface area contributed by atoms with E-state index in [1.165, 1.54) is 4.68 Å². The van der Waals surface area contributed by atoms with Crippen molar-refractivity contribution < 1.29 is 8.42 Å². The van der Waals surface area contributed by atoms with Gasteiger partial charge in [-0.2, -0.15) is 5.10 Å². The minimum absolute atomic E-state index is 0.0486. The number of nitrogens with zero attached hydrogens (tertiary/aromatic N) is 2. The molecule has 21 heavy (non-hydrogen) atoms. The van der Waals surface area contributed by atoms with Crippen LogP contribution in [0.3, 0.4) is 0 Å². The van der Waals surface area contributed by atoms with E-state index in [0.29, 0.717) is 5.69 Å². The Hall–Kier alpha value is -1.04. The monoisotopic (exact) mass is 344 g/mol.